The van der Waals surface area contributed by atoms with E-state index in [-0.39, 0.29) is 0 Å². The van der Waals surface area contributed by atoms with E-state index in [1.54, 1.807) is 18.4 Å². The van der Waals surface area contributed by atoms with Gasteiger partial charge in [-0.25, -0.2) is 4.98 Å². The largest absolute Gasteiger partial charge is 0.380 e. The molecule has 4 heteroatoms. The van der Waals surface area contributed by atoms with Gasteiger partial charge in [-0.1, -0.05) is 17.4 Å². The second kappa shape index (κ2) is 4.27. The molecule has 0 N–H and O–H groups in total. The molecule has 2 heterocycles. The quantitative estimate of drug-likeness (QED) is 0.817. The molecule has 1 aliphatic rings. The van der Waals surface area contributed by atoms with Gasteiger partial charge in [0.1, 0.15) is 0 Å². The average Bonchev–Trinajstić information content (AvgIpc) is 2.93. The minimum Gasteiger partial charge on any atom is -0.380 e. The summed E-state index contributed by atoms with van der Waals surface area (Å²) in [5, 5.41) is 1.13. The Balaban J connectivity index is 1.91. The van der Waals surface area contributed by atoms with E-state index in [1.165, 1.54) is 10.3 Å². The van der Waals surface area contributed by atoms with Crippen molar-refractivity contribution in [1.29, 1.82) is 0 Å². The third-order valence-corrected chi connectivity index (χ3v) is 4.36. The molecule has 17 heavy (non-hydrogen) atoms. The van der Waals surface area contributed by atoms with E-state index in [2.05, 4.69) is 30.0 Å². The van der Waals surface area contributed by atoms with Crippen molar-refractivity contribution in [2.45, 2.75) is 19.4 Å². The molecule has 1 fully saturated rings. The first-order chi connectivity index (χ1) is 8.26. The Morgan fingerprint density at radius 1 is 1.47 bits per heavy atom. The van der Waals surface area contributed by atoms with E-state index in [9.17, 15) is 0 Å². The molecule has 1 unspecified atom stereocenters. The van der Waals surface area contributed by atoms with Crippen LogP contribution < -0.4 is 4.90 Å². The number of aromatic nitrogens is 1. The molecule has 0 bridgehead atoms. The van der Waals surface area contributed by atoms with Gasteiger partial charge in [0.25, 0.3) is 0 Å². The van der Waals surface area contributed by atoms with E-state index in [0.29, 0.717) is 6.10 Å². The van der Waals surface area contributed by atoms with Crippen molar-refractivity contribution in [1.82, 2.24) is 4.98 Å². The zero-order valence-corrected chi connectivity index (χ0v) is 11.0. The van der Waals surface area contributed by atoms with Crippen LogP contribution in [0.5, 0.6) is 0 Å². The second-order valence-electron chi connectivity index (χ2n) is 4.56. The number of ether oxygens (including phenoxy) is 1. The molecule has 0 saturated carbocycles. The van der Waals surface area contributed by atoms with Gasteiger partial charge >= 0.3 is 0 Å². The fourth-order valence-corrected chi connectivity index (χ4v) is 3.35. The van der Waals surface area contributed by atoms with Gasteiger partial charge in [-0.2, -0.15) is 0 Å². The van der Waals surface area contributed by atoms with Gasteiger partial charge in [-0.15, -0.1) is 0 Å². The van der Waals surface area contributed by atoms with Crippen molar-refractivity contribution < 1.29 is 4.74 Å². The second-order valence-corrected chi connectivity index (χ2v) is 5.57. The van der Waals surface area contributed by atoms with E-state index in [1.807, 2.05) is 0 Å². The van der Waals surface area contributed by atoms with Crippen molar-refractivity contribution in [3.05, 3.63) is 23.8 Å². The first kappa shape index (κ1) is 11.0. The molecule has 2 aromatic rings. The highest BCUT2D eigenvalue weighted by atomic mass is 32.1. The molecule has 3 rings (SSSR count). The molecule has 1 saturated heterocycles. The lowest BCUT2D eigenvalue weighted by Crippen LogP contribution is -2.21. The zero-order valence-electron chi connectivity index (χ0n) is 10.1. The monoisotopic (exact) mass is 248 g/mol. The Morgan fingerprint density at radius 2 is 2.35 bits per heavy atom. The number of thiazole rings is 1. The number of rotatable bonds is 2. The van der Waals surface area contributed by atoms with Crippen molar-refractivity contribution >= 4 is 26.7 Å². The van der Waals surface area contributed by atoms with E-state index in [4.69, 9.17) is 9.72 Å². The van der Waals surface area contributed by atoms with Crippen molar-refractivity contribution in [2.24, 2.45) is 0 Å². The molecule has 1 atom stereocenters. The van der Waals surface area contributed by atoms with Crippen molar-refractivity contribution in [3.8, 4) is 0 Å². The number of hydrogen-bond acceptors (Lipinski definition) is 4. The smallest absolute Gasteiger partial charge is 0.186 e. The Kier molecular flexibility index (Phi) is 2.76. The minimum atomic E-state index is 0.365. The maximum Gasteiger partial charge on any atom is 0.186 e. The Bertz CT molecular complexity index is 537. The van der Waals surface area contributed by atoms with Gasteiger partial charge in [-0.3, -0.25) is 0 Å². The number of nitrogens with zero attached hydrogens (tertiary/aromatic N) is 2. The molecule has 0 aliphatic carbocycles. The Hall–Kier alpha value is -1.13. The summed E-state index contributed by atoms with van der Waals surface area (Å²) in [6.45, 7) is 4.14. The molecule has 3 nitrogen and oxygen atoms in total. The summed E-state index contributed by atoms with van der Waals surface area (Å²) in [7, 11) is 1.79. The van der Waals surface area contributed by atoms with Crippen LogP contribution in [0.25, 0.3) is 10.2 Å². The third kappa shape index (κ3) is 2.03. The number of anilines is 1. The molecule has 0 spiro atoms. The first-order valence-electron chi connectivity index (χ1n) is 5.91. The minimum absolute atomic E-state index is 0.365. The van der Waals surface area contributed by atoms with Crippen molar-refractivity contribution in [2.75, 3.05) is 25.1 Å². The molecule has 0 radical (unpaired) electrons. The van der Waals surface area contributed by atoms with Crippen LogP contribution in [-0.2, 0) is 4.74 Å². The summed E-state index contributed by atoms with van der Waals surface area (Å²) in [6.07, 6.45) is 1.47. The standard InChI is InChI=1S/C13H16N2OS/c1-9-3-4-11-12(7-9)17-13(14-11)15-6-5-10(8-15)16-2/h3-4,7,10H,5-6,8H2,1-2H3. The van der Waals surface area contributed by atoms with Gasteiger partial charge in [-0.05, 0) is 31.0 Å². The van der Waals surface area contributed by atoms with Crippen LogP contribution in [0.2, 0.25) is 0 Å². The van der Waals surface area contributed by atoms with Crippen LogP contribution in [0.15, 0.2) is 18.2 Å². The fourth-order valence-electron chi connectivity index (χ4n) is 2.25. The maximum absolute atomic E-state index is 5.39. The molecule has 1 aromatic heterocycles. The lowest BCUT2D eigenvalue weighted by molar-refractivity contribution is 0.121. The summed E-state index contributed by atoms with van der Waals surface area (Å²) in [5.74, 6) is 0. The third-order valence-electron chi connectivity index (χ3n) is 3.28. The maximum atomic E-state index is 5.39. The molecule has 0 amide bonds. The first-order valence-corrected chi connectivity index (χ1v) is 6.73. The lowest BCUT2D eigenvalue weighted by atomic mass is 10.2. The highest BCUT2D eigenvalue weighted by molar-refractivity contribution is 7.22. The molecule has 90 valence electrons. The van der Waals surface area contributed by atoms with Crippen LogP contribution in [0, 0.1) is 6.92 Å². The summed E-state index contributed by atoms with van der Waals surface area (Å²) < 4.78 is 6.67. The van der Waals surface area contributed by atoms with Crippen molar-refractivity contribution in [3.63, 3.8) is 0 Å². The predicted molar refractivity (Wildman–Crippen MR) is 72.0 cm³/mol. The number of benzene rings is 1. The lowest BCUT2D eigenvalue weighted by Gasteiger charge is -2.13. The summed E-state index contributed by atoms with van der Waals surface area (Å²) in [5.41, 5.74) is 2.40. The SMILES string of the molecule is COC1CCN(c2nc3ccc(C)cc3s2)C1. The molecular formula is C13H16N2OS. The molecule has 1 aliphatic heterocycles. The van der Waals surface area contributed by atoms with E-state index >= 15 is 0 Å². The van der Waals surface area contributed by atoms with Crippen LogP contribution in [0.3, 0.4) is 0 Å². The van der Waals surface area contributed by atoms with Gasteiger partial charge in [0.05, 0.1) is 16.3 Å². The highest BCUT2D eigenvalue weighted by Crippen LogP contribution is 2.31. The number of fused-ring (bicyclic) bond motifs is 1. The zero-order chi connectivity index (χ0) is 11.8. The topological polar surface area (TPSA) is 25.4 Å². The summed E-state index contributed by atoms with van der Waals surface area (Å²) >= 11 is 1.78. The normalized spacial score (nSPS) is 20.4. The van der Waals surface area contributed by atoms with Gasteiger partial charge in [0.15, 0.2) is 5.13 Å². The summed E-state index contributed by atoms with van der Waals surface area (Å²) in [6, 6.07) is 6.43. The number of methoxy groups -OCH3 is 1. The van der Waals surface area contributed by atoms with Crippen LogP contribution >= 0.6 is 11.3 Å². The highest BCUT2D eigenvalue weighted by Gasteiger charge is 2.24. The Labute approximate surface area is 105 Å². The average molecular weight is 248 g/mol. The summed E-state index contributed by atoms with van der Waals surface area (Å²) in [4.78, 5) is 7.02. The van der Waals surface area contributed by atoms with Crippen LogP contribution in [0.1, 0.15) is 12.0 Å². The van der Waals surface area contributed by atoms with E-state index < -0.39 is 0 Å². The van der Waals surface area contributed by atoms with Crippen LogP contribution in [-0.4, -0.2) is 31.3 Å². The van der Waals surface area contributed by atoms with Crippen LogP contribution in [0.4, 0.5) is 5.13 Å². The Morgan fingerprint density at radius 3 is 3.12 bits per heavy atom. The number of aryl methyl sites for hydroxylation is 1. The molecular weight excluding hydrogens is 232 g/mol. The van der Waals surface area contributed by atoms with Gasteiger partial charge in [0, 0.05) is 20.2 Å². The van der Waals surface area contributed by atoms with E-state index in [0.717, 1.165) is 30.2 Å². The fraction of sp³-hybridized carbons (Fsp3) is 0.462. The number of hydrogen-bond donors (Lipinski definition) is 0. The van der Waals surface area contributed by atoms with Gasteiger partial charge < -0.3 is 9.64 Å². The predicted octanol–water partition coefficient (Wildman–Crippen LogP) is 2.83. The van der Waals surface area contributed by atoms with Gasteiger partial charge in [0.2, 0.25) is 0 Å². The molecule has 1 aromatic carbocycles.